The Balaban J connectivity index is 1.26. The average molecular weight is 520 g/mol. The minimum Gasteiger partial charge on any atom is -0.337 e. The highest BCUT2D eigenvalue weighted by atomic mass is 35.5. The van der Waals surface area contributed by atoms with Gasteiger partial charge in [0.25, 0.3) is 0 Å². The van der Waals surface area contributed by atoms with Crippen molar-refractivity contribution in [3.05, 3.63) is 71.3 Å². The van der Waals surface area contributed by atoms with E-state index >= 15 is 0 Å². The maximum Gasteiger partial charge on any atom is 0.416 e. The Morgan fingerprint density at radius 2 is 1.97 bits per heavy atom. The molecule has 0 saturated carbocycles. The summed E-state index contributed by atoms with van der Waals surface area (Å²) in [5.74, 6) is -0.340. The van der Waals surface area contributed by atoms with Gasteiger partial charge >= 0.3 is 6.18 Å². The van der Waals surface area contributed by atoms with Crippen molar-refractivity contribution in [2.45, 2.75) is 38.9 Å². The summed E-state index contributed by atoms with van der Waals surface area (Å²) in [6.07, 6.45) is 1.95. The van der Waals surface area contributed by atoms with Crippen molar-refractivity contribution in [3.63, 3.8) is 0 Å². The van der Waals surface area contributed by atoms with E-state index in [9.17, 15) is 22.8 Å². The number of alkyl halides is 3. The molecule has 3 heterocycles. The van der Waals surface area contributed by atoms with E-state index in [0.717, 1.165) is 17.8 Å². The molecule has 4 rings (SSSR count). The fraction of sp³-hybridized carbons (Fsp3) is 0.360. The number of benzene rings is 1. The third-order valence-corrected chi connectivity index (χ3v) is 6.44. The molecule has 7 nitrogen and oxygen atoms in total. The van der Waals surface area contributed by atoms with Gasteiger partial charge in [-0.15, -0.1) is 0 Å². The number of β-lactam (4-membered cyclic amide) rings is 1. The van der Waals surface area contributed by atoms with Gasteiger partial charge in [-0.1, -0.05) is 23.7 Å². The van der Waals surface area contributed by atoms with Crippen molar-refractivity contribution in [2.75, 3.05) is 18.0 Å². The van der Waals surface area contributed by atoms with E-state index in [1.807, 2.05) is 13.0 Å². The maximum absolute atomic E-state index is 12.9. The highest BCUT2D eigenvalue weighted by Crippen LogP contribution is 2.31. The van der Waals surface area contributed by atoms with Gasteiger partial charge in [-0.05, 0) is 49.6 Å². The molecule has 2 aromatic heterocycles. The lowest BCUT2D eigenvalue weighted by atomic mass is 9.92. The van der Waals surface area contributed by atoms with Crippen LogP contribution in [0.2, 0.25) is 5.15 Å². The first-order chi connectivity index (χ1) is 17.2. The molecule has 3 aromatic rings. The van der Waals surface area contributed by atoms with Crippen molar-refractivity contribution >= 4 is 29.1 Å². The first-order valence-corrected chi connectivity index (χ1v) is 12.0. The summed E-state index contributed by atoms with van der Waals surface area (Å²) in [5.41, 5.74) is 1.16. The molecule has 1 saturated heterocycles. The van der Waals surface area contributed by atoms with E-state index in [1.165, 1.54) is 12.1 Å². The minimum atomic E-state index is -4.38. The number of rotatable bonds is 9. The minimum absolute atomic E-state index is 0.0458. The molecule has 36 heavy (non-hydrogen) atoms. The number of carbonyl (C=O) groups excluding carboxylic acids is 2. The van der Waals surface area contributed by atoms with Gasteiger partial charge < -0.3 is 9.80 Å². The van der Waals surface area contributed by atoms with Crippen LogP contribution in [0.4, 0.5) is 18.9 Å². The number of halogens is 4. The summed E-state index contributed by atoms with van der Waals surface area (Å²) < 4.78 is 39.7. The Bertz CT molecular complexity index is 1210. The van der Waals surface area contributed by atoms with Crippen LogP contribution in [0.1, 0.15) is 37.3 Å². The number of likely N-dealkylation sites (tertiary alicyclic amines) is 1. The Morgan fingerprint density at radius 1 is 1.22 bits per heavy atom. The highest BCUT2D eigenvalue weighted by molar-refractivity contribution is 6.32. The molecule has 2 amide bonds. The number of carbonyl (C=O) groups is 2. The highest BCUT2D eigenvalue weighted by Gasteiger charge is 2.36. The number of anilines is 1. The predicted octanol–water partition coefficient (Wildman–Crippen LogP) is 5.12. The Kier molecular flexibility index (Phi) is 7.63. The summed E-state index contributed by atoms with van der Waals surface area (Å²) in [7, 11) is 0. The SMILES string of the molecule is CCN(C(=O)CCCC1CN(Cc2ccc(C(F)(F)F)cc2)C1=O)c1cn(-c2cccnc2)nc1Cl. The van der Waals surface area contributed by atoms with Crippen molar-refractivity contribution in [3.8, 4) is 5.69 Å². The van der Waals surface area contributed by atoms with Crippen LogP contribution in [0.5, 0.6) is 0 Å². The normalized spacial score (nSPS) is 15.6. The molecule has 1 fully saturated rings. The van der Waals surface area contributed by atoms with Crippen LogP contribution in [-0.2, 0) is 22.3 Å². The van der Waals surface area contributed by atoms with Crippen LogP contribution < -0.4 is 4.90 Å². The van der Waals surface area contributed by atoms with Gasteiger partial charge in [0.05, 0.1) is 29.6 Å². The average Bonchev–Trinajstić information content (AvgIpc) is 3.24. The summed E-state index contributed by atoms with van der Waals surface area (Å²) >= 11 is 6.31. The van der Waals surface area contributed by atoms with Crippen LogP contribution in [0, 0.1) is 5.92 Å². The Morgan fingerprint density at radius 3 is 2.58 bits per heavy atom. The molecule has 1 atom stereocenters. The summed E-state index contributed by atoms with van der Waals surface area (Å²) in [4.78, 5) is 32.6. The van der Waals surface area contributed by atoms with Crippen molar-refractivity contribution in [1.82, 2.24) is 19.7 Å². The molecule has 1 aliphatic rings. The third-order valence-electron chi connectivity index (χ3n) is 6.17. The molecule has 0 N–H and O–H groups in total. The number of pyridine rings is 1. The standard InChI is InChI=1S/C25H25ClF3N5O2/c1-2-33(21-16-34(31-23(21)26)20-6-4-12-30-13-20)22(35)7-3-5-18-15-32(24(18)36)14-17-8-10-19(11-9-17)25(27,28)29/h4,6,8-13,16,18H,2-3,5,7,14-15H2,1H3. The Hall–Kier alpha value is -3.40. The van der Waals surface area contributed by atoms with Crippen LogP contribution in [0.15, 0.2) is 55.0 Å². The first kappa shape index (κ1) is 25.7. The maximum atomic E-state index is 12.9. The summed E-state index contributed by atoms with van der Waals surface area (Å²) in [5, 5.41) is 4.49. The smallest absolute Gasteiger partial charge is 0.337 e. The molecule has 1 aromatic carbocycles. The fourth-order valence-electron chi connectivity index (χ4n) is 4.22. The molecule has 190 valence electrons. The van der Waals surface area contributed by atoms with Gasteiger partial charge in [-0.2, -0.15) is 18.3 Å². The topological polar surface area (TPSA) is 71.3 Å². The Labute approximate surface area is 211 Å². The second kappa shape index (κ2) is 10.7. The van der Waals surface area contributed by atoms with Crippen LogP contribution in [0.3, 0.4) is 0 Å². The molecule has 0 bridgehead atoms. The van der Waals surface area contributed by atoms with Crippen molar-refractivity contribution in [1.29, 1.82) is 0 Å². The quantitative estimate of drug-likeness (QED) is 0.368. The van der Waals surface area contributed by atoms with E-state index in [2.05, 4.69) is 10.1 Å². The van der Waals surface area contributed by atoms with E-state index in [-0.39, 0.29) is 35.9 Å². The lowest BCUT2D eigenvalue weighted by Crippen LogP contribution is -2.51. The lowest BCUT2D eigenvalue weighted by molar-refractivity contribution is -0.149. The molecule has 11 heteroatoms. The van der Waals surface area contributed by atoms with E-state index in [1.54, 1.807) is 39.1 Å². The molecule has 0 aliphatic carbocycles. The number of hydrogen-bond donors (Lipinski definition) is 0. The zero-order valence-electron chi connectivity index (χ0n) is 19.6. The van der Waals surface area contributed by atoms with Crippen LogP contribution >= 0.6 is 11.6 Å². The molecular weight excluding hydrogens is 495 g/mol. The molecular formula is C25H25ClF3N5O2. The second-order valence-electron chi connectivity index (χ2n) is 8.60. The summed E-state index contributed by atoms with van der Waals surface area (Å²) in [6, 6.07) is 8.43. The third kappa shape index (κ3) is 5.70. The number of amides is 2. The number of aromatic nitrogens is 3. The predicted molar refractivity (Wildman–Crippen MR) is 129 cm³/mol. The van der Waals surface area contributed by atoms with E-state index in [4.69, 9.17) is 11.6 Å². The molecule has 1 unspecified atom stereocenters. The monoisotopic (exact) mass is 519 g/mol. The number of nitrogens with zero attached hydrogens (tertiary/aromatic N) is 5. The van der Waals surface area contributed by atoms with Crippen molar-refractivity contribution in [2.24, 2.45) is 5.92 Å². The largest absolute Gasteiger partial charge is 0.416 e. The van der Waals surface area contributed by atoms with Crippen LogP contribution in [0.25, 0.3) is 5.69 Å². The van der Waals surface area contributed by atoms with Gasteiger partial charge in [0.15, 0.2) is 5.15 Å². The van der Waals surface area contributed by atoms with Crippen LogP contribution in [-0.4, -0.2) is 44.6 Å². The molecule has 1 aliphatic heterocycles. The number of hydrogen-bond acceptors (Lipinski definition) is 4. The van der Waals surface area contributed by atoms with Gasteiger partial charge in [0, 0.05) is 32.3 Å². The molecule has 0 radical (unpaired) electrons. The van der Waals surface area contributed by atoms with Gasteiger partial charge in [-0.3, -0.25) is 14.6 Å². The lowest BCUT2D eigenvalue weighted by Gasteiger charge is -2.38. The zero-order valence-corrected chi connectivity index (χ0v) is 20.3. The second-order valence-corrected chi connectivity index (χ2v) is 8.96. The summed E-state index contributed by atoms with van der Waals surface area (Å²) in [6.45, 7) is 3.06. The first-order valence-electron chi connectivity index (χ1n) is 11.6. The molecule has 0 spiro atoms. The van der Waals surface area contributed by atoms with E-state index < -0.39 is 11.7 Å². The van der Waals surface area contributed by atoms with Gasteiger partial charge in [0.2, 0.25) is 11.8 Å². The van der Waals surface area contributed by atoms with Gasteiger partial charge in [0.1, 0.15) is 5.69 Å². The van der Waals surface area contributed by atoms with E-state index in [0.29, 0.717) is 37.2 Å². The van der Waals surface area contributed by atoms with Gasteiger partial charge in [-0.25, -0.2) is 4.68 Å². The fourth-order valence-corrected chi connectivity index (χ4v) is 4.45. The van der Waals surface area contributed by atoms with Crippen molar-refractivity contribution < 1.29 is 22.8 Å². The zero-order chi connectivity index (χ0) is 25.9.